The van der Waals surface area contributed by atoms with E-state index in [0.29, 0.717) is 5.56 Å². The van der Waals surface area contributed by atoms with Crippen LogP contribution in [0.25, 0.3) is 0 Å². The van der Waals surface area contributed by atoms with Crippen molar-refractivity contribution in [2.45, 2.75) is 19.2 Å². The summed E-state index contributed by atoms with van der Waals surface area (Å²) < 4.78 is 18.1. The van der Waals surface area contributed by atoms with Crippen LogP contribution in [0.4, 0.5) is 4.39 Å². The van der Waals surface area contributed by atoms with Gasteiger partial charge in [-0.25, -0.2) is 4.39 Å². The van der Waals surface area contributed by atoms with Gasteiger partial charge in [-0.1, -0.05) is 12.1 Å². The van der Waals surface area contributed by atoms with Crippen molar-refractivity contribution in [1.29, 1.82) is 0 Å². The minimum Gasteiger partial charge on any atom is -0.392 e. The van der Waals surface area contributed by atoms with Crippen LogP contribution in [-0.2, 0) is 22.7 Å². The first-order valence-electron chi connectivity index (χ1n) is 5.49. The van der Waals surface area contributed by atoms with Gasteiger partial charge in [-0.2, -0.15) is 0 Å². The fourth-order valence-electron chi connectivity index (χ4n) is 1.40. The van der Waals surface area contributed by atoms with Crippen molar-refractivity contribution in [2.24, 2.45) is 5.73 Å². The number of nitrogens with two attached hydrogens (primary N) is 1. The summed E-state index contributed by atoms with van der Waals surface area (Å²) in [4.78, 5) is 11.5. The fourth-order valence-corrected chi connectivity index (χ4v) is 1.40. The third-order valence-corrected chi connectivity index (χ3v) is 2.44. The number of halogens is 1. The first kappa shape index (κ1) is 14.6. The number of benzene rings is 1. The van der Waals surface area contributed by atoms with Crippen molar-refractivity contribution in [1.82, 2.24) is 5.32 Å². The molecule has 0 aliphatic carbocycles. The molecule has 0 spiro atoms. The second-order valence-electron chi connectivity index (χ2n) is 3.86. The Balaban J connectivity index is 2.53. The number of rotatable bonds is 6. The number of amides is 1. The Morgan fingerprint density at radius 1 is 1.61 bits per heavy atom. The molecule has 5 nitrogen and oxygen atoms in total. The van der Waals surface area contributed by atoms with Crippen LogP contribution in [-0.4, -0.2) is 30.8 Å². The SMILES string of the molecule is COCC(N)C(=O)NCc1ccc(CO)c(F)c1. The summed E-state index contributed by atoms with van der Waals surface area (Å²) >= 11 is 0. The van der Waals surface area contributed by atoms with Gasteiger partial charge >= 0.3 is 0 Å². The van der Waals surface area contributed by atoms with Gasteiger partial charge in [0.2, 0.25) is 5.91 Å². The largest absolute Gasteiger partial charge is 0.392 e. The Morgan fingerprint density at radius 3 is 2.89 bits per heavy atom. The Kier molecular flexibility index (Phi) is 5.70. The molecule has 0 saturated carbocycles. The molecular weight excluding hydrogens is 239 g/mol. The van der Waals surface area contributed by atoms with E-state index in [2.05, 4.69) is 5.32 Å². The first-order chi connectivity index (χ1) is 8.58. The summed E-state index contributed by atoms with van der Waals surface area (Å²) in [5, 5.41) is 11.4. The van der Waals surface area contributed by atoms with Crippen LogP contribution >= 0.6 is 0 Å². The van der Waals surface area contributed by atoms with E-state index in [9.17, 15) is 9.18 Å². The zero-order chi connectivity index (χ0) is 13.5. The van der Waals surface area contributed by atoms with E-state index in [1.54, 1.807) is 6.07 Å². The predicted octanol–water partition coefficient (Wildman–Crippen LogP) is -0.0921. The van der Waals surface area contributed by atoms with E-state index in [4.69, 9.17) is 15.6 Å². The topological polar surface area (TPSA) is 84.6 Å². The number of methoxy groups -OCH3 is 1. The summed E-state index contributed by atoms with van der Waals surface area (Å²) in [6.07, 6.45) is 0. The van der Waals surface area contributed by atoms with Crippen LogP contribution in [0.5, 0.6) is 0 Å². The average Bonchev–Trinajstić information content (AvgIpc) is 2.36. The maximum Gasteiger partial charge on any atom is 0.239 e. The second-order valence-corrected chi connectivity index (χ2v) is 3.86. The predicted molar refractivity (Wildman–Crippen MR) is 64.0 cm³/mol. The standard InChI is InChI=1S/C12H17FN2O3/c1-18-7-11(14)12(17)15-5-8-2-3-9(6-16)10(13)4-8/h2-4,11,16H,5-7,14H2,1H3,(H,15,17). The molecule has 1 atom stereocenters. The van der Waals surface area contributed by atoms with E-state index in [-0.39, 0.29) is 31.2 Å². The van der Waals surface area contributed by atoms with E-state index in [1.807, 2.05) is 0 Å². The van der Waals surface area contributed by atoms with Crippen molar-refractivity contribution < 1.29 is 19.0 Å². The molecular formula is C12H17FN2O3. The summed E-state index contributed by atoms with van der Waals surface area (Å²) in [6, 6.07) is 3.65. The highest BCUT2D eigenvalue weighted by Crippen LogP contribution is 2.10. The number of ether oxygens (including phenoxy) is 1. The highest BCUT2D eigenvalue weighted by Gasteiger charge is 2.12. The number of nitrogens with one attached hydrogen (secondary N) is 1. The quantitative estimate of drug-likeness (QED) is 0.664. The van der Waals surface area contributed by atoms with Crippen molar-refractivity contribution in [2.75, 3.05) is 13.7 Å². The Morgan fingerprint density at radius 2 is 2.33 bits per heavy atom. The van der Waals surface area contributed by atoms with Crippen LogP contribution in [0.3, 0.4) is 0 Å². The third-order valence-electron chi connectivity index (χ3n) is 2.44. The summed E-state index contributed by atoms with van der Waals surface area (Å²) in [5.41, 5.74) is 6.35. The van der Waals surface area contributed by atoms with E-state index in [0.717, 1.165) is 0 Å². The molecule has 100 valence electrons. The minimum absolute atomic E-state index is 0.129. The van der Waals surface area contributed by atoms with Gasteiger partial charge in [0.15, 0.2) is 0 Å². The van der Waals surface area contributed by atoms with Crippen LogP contribution < -0.4 is 11.1 Å². The zero-order valence-electron chi connectivity index (χ0n) is 10.1. The van der Waals surface area contributed by atoms with Gasteiger partial charge in [-0.05, 0) is 11.6 Å². The lowest BCUT2D eigenvalue weighted by atomic mass is 10.1. The van der Waals surface area contributed by atoms with Crippen LogP contribution in [0, 0.1) is 5.82 Å². The Labute approximate surface area is 105 Å². The summed E-state index contributed by atoms with van der Waals surface area (Å²) in [6.45, 7) is -0.0420. The molecule has 0 aliphatic rings. The van der Waals surface area contributed by atoms with E-state index in [1.165, 1.54) is 19.2 Å². The molecule has 0 heterocycles. The Bertz CT molecular complexity index is 412. The van der Waals surface area contributed by atoms with Gasteiger partial charge in [0, 0.05) is 19.2 Å². The molecule has 0 radical (unpaired) electrons. The fraction of sp³-hybridized carbons (Fsp3) is 0.417. The number of carbonyl (C=O) groups is 1. The van der Waals surface area contributed by atoms with Gasteiger partial charge in [0.25, 0.3) is 0 Å². The lowest BCUT2D eigenvalue weighted by molar-refractivity contribution is -0.123. The van der Waals surface area contributed by atoms with Gasteiger partial charge in [-0.15, -0.1) is 0 Å². The first-order valence-corrected chi connectivity index (χ1v) is 5.49. The van der Waals surface area contributed by atoms with Gasteiger partial charge < -0.3 is 20.9 Å². The molecule has 1 unspecified atom stereocenters. The molecule has 6 heteroatoms. The molecule has 0 aliphatic heterocycles. The van der Waals surface area contributed by atoms with Gasteiger partial charge in [0.1, 0.15) is 11.9 Å². The van der Waals surface area contributed by atoms with E-state index < -0.39 is 11.9 Å². The maximum absolute atomic E-state index is 13.3. The highest BCUT2D eigenvalue weighted by molar-refractivity contribution is 5.81. The number of carbonyl (C=O) groups excluding carboxylic acids is 1. The smallest absolute Gasteiger partial charge is 0.239 e. The van der Waals surface area contributed by atoms with Gasteiger partial charge in [0.05, 0.1) is 13.2 Å². The molecule has 18 heavy (non-hydrogen) atoms. The second kappa shape index (κ2) is 7.05. The molecule has 1 rings (SSSR count). The number of aliphatic hydroxyl groups excluding tert-OH is 1. The molecule has 0 bridgehead atoms. The highest BCUT2D eigenvalue weighted by atomic mass is 19.1. The van der Waals surface area contributed by atoms with Crippen LogP contribution in [0.2, 0.25) is 0 Å². The average molecular weight is 256 g/mol. The van der Waals surface area contributed by atoms with Gasteiger partial charge in [-0.3, -0.25) is 4.79 Å². The number of hydrogen-bond donors (Lipinski definition) is 3. The van der Waals surface area contributed by atoms with Crippen molar-refractivity contribution >= 4 is 5.91 Å². The van der Waals surface area contributed by atoms with Crippen molar-refractivity contribution in [3.05, 3.63) is 35.1 Å². The molecule has 4 N–H and O–H groups in total. The monoisotopic (exact) mass is 256 g/mol. The van der Waals surface area contributed by atoms with E-state index >= 15 is 0 Å². The Hall–Kier alpha value is -1.50. The maximum atomic E-state index is 13.3. The molecule has 0 fully saturated rings. The van der Waals surface area contributed by atoms with Crippen LogP contribution in [0.1, 0.15) is 11.1 Å². The van der Waals surface area contributed by atoms with Crippen molar-refractivity contribution in [3.8, 4) is 0 Å². The van der Waals surface area contributed by atoms with Crippen molar-refractivity contribution in [3.63, 3.8) is 0 Å². The third kappa shape index (κ3) is 4.06. The zero-order valence-corrected chi connectivity index (χ0v) is 10.1. The normalized spacial score (nSPS) is 12.2. The molecule has 1 amide bonds. The molecule has 0 aromatic heterocycles. The lowest BCUT2D eigenvalue weighted by Gasteiger charge is -2.11. The molecule has 1 aromatic carbocycles. The molecule has 1 aromatic rings. The summed E-state index contributed by atoms with van der Waals surface area (Å²) in [5.74, 6) is -0.853. The minimum atomic E-state index is -0.739. The number of hydrogen-bond acceptors (Lipinski definition) is 4. The molecule has 0 saturated heterocycles. The van der Waals surface area contributed by atoms with Crippen LogP contribution in [0.15, 0.2) is 18.2 Å². The number of aliphatic hydroxyl groups is 1. The lowest BCUT2D eigenvalue weighted by Crippen LogP contribution is -2.43. The summed E-state index contributed by atoms with van der Waals surface area (Å²) in [7, 11) is 1.45.